The van der Waals surface area contributed by atoms with E-state index in [0.29, 0.717) is 23.3 Å². The summed E-state index contributed by atoms with van der Waals surface area (Å²) in [5, 5.41) is 8.14. The molecule has 2 aromatic heterocycles. The Morgan fingerprint density at radius 2 is 1.71 bits per heavy atom. The molecule has 0 saturated carbocycles. The molecule has 4 aromatic rings. The van der Waals surface area contributed by atoms with Gasteiger partial charge in [0.05, 0.1) is 16.4 Å². The molecule has 0 aliphatic carbocycles. The summed E-state index contributed by atoms with van der Waals surface area (Å²) in [5.41, 5.74) is 1.73. The minimum Gasteiger partial charge on any atom is -0.309 e. The number of amides is 1. The Bertz CT molecular complexity index is 1300. The van der Waals surface area contributed by atoms with E-state index in [9.17, 15) is 9.59 Å². The van der Waals surface area contributed by atoms with Gasteiger partial charge in [0, 0.05) is 25.5 Å². The number of benzene rings is 2. The van der Waals surface area contributed by atoms with Crippen molar-refractivity contribution in [3.63, 3.8) is 0 Å². The number of aryl methyl sites for hydroxylation is 1. The van der Waals surface area contributed by atoms with E-state index < -0.39 is 5.91 Å². The minimum absolute atomic E-state index is 0.194. The smallest absolute Gasteiger partial charge is 0.279 e. The van der Waals surface area contributed by atoms with Gasteiger partial charge in [-0.15, -0.1) is 0 Å². The number of carbonyl (C=O) groups excluding carboxylic acids is 1. The first-order valence-corrected chi connectivity index (χ1v) is 10.5. The lowest BCUT2D eigenvalue weighted by molar-refractivity contribution is 0.102. The molecule has 0 bridgehead atoms. The molecule has 0 radical (unpaired) electrons. The molecule has 160 valence electrons. The summed E-state index contributed by atoms with van der Waals surface area (Å²) in [5.74, 6) is 0.0734. The Morgan fingerprint density at radius 1 is 1.03 bits per heavy atom. The third-order valence-corrected chi connectivity index (χ3v) is 5.59. The van der Waals surface area contributed by atoms with Gasteiger partial charge in [0.2, 0.25) is 5.95 Å². The van der Waals surface area contributed by atoms with Gasteiger partial charge in [-0.3, -0.25) is 14.9 Å². The van der Waals surface area contributed by atoms with Crippen LogP contribution in [0.4, 0.5) is 5.95 Å². The van der Waals surface area contributed by atoms with Crippen LogP contribution in [0.3, 0.4) is 0 Å². The molecule has 2 aromatic carbocycles. The fourth-order valence-electron chi connectivity index (χ4n) is 3.81. The van der Waals surface area contributed by atoms with Crippen molar-refractivity contribution in [1.29, 1.82) is 0 Å². The SMILES string of the molecule is CCN(CC)CCn1c(NC(=O)c2nn(C)c(=O)c3ccccc23)nc2ccccc21. The van der Waals surface area contributed by atoms with E-state index in [1.807, 2.05) is 28.8 Å². The Kier molecular flexibility index (Phi) is 5.81. The molecule has 4 rings (SSSR count). The number of hydrogen-bond acceptors (Lipinski definition) is 5. The molecular formula is C23H26N6O2. The Labute approximate surface area is 180 Å². The highest BCUT2D eigenvalue weighted by molar-refractivity contribution is 6.10. The second-order valence-electron chi connectivity index (χ2n) is 7.38. The zero-order valence-corrected chi connectivity index (χ0v) is 18.0. The van der Waals surface area contributed by atoms with Crippen LogP contribution in [-0.2, 0) is 13.6 Å². The molecule has 8 nitrogen and oxygen atoms in total. The lowest BCUT2D eigenvalue weighted by atomic mass is 10.1. The van der Waals surface area contributed by atoms with Gasteiger partial charge in [0.25, 0.3) is 11.5 Å². The fraction of sp³-hybridized carbons (Fsp3) is 0.304. The number of para-hydroxylation sites is 2. The standard InChI is InChI=1S/C23H26N6O2/c1-4-28(5-2)14-15-29-19-13-9-8-12-18(19)24-23(29)25-21(30)20-16-10-6-7-11-17(16)22(31)27(3)26-20/h6-13H,4-5,14-15H2,1-3H3,(H,24,25,30). The molecule has 0 saturated heterocycles. The molecule has 0 unspecified atom stereocenters. The van der Waals surface area contributed by atoms with Crippen molar-refractivity contribution in [2.45, 2.75) is 20.4 Å². The molecule has 0 spiro atoms. The maximum atomic E-state index is 13.2. The van der Waals surface area contributed by atoms with E-state index in [0.717, 1.165) is 30.7 Å². The monoisotopic (exact) mass is 418 g/mol. The number of aromatic nitrogens is 4. The van der Waals surface area contributed by atoms with Gasteiger partial charge >= 0.3 is 0 Å². The molecule has 0 fully saturated rings. The number of rotatable bonds is 7. The normalized spacial score (nSPS) is 11.5. The van der Waals surface area contributed by atoms with Crippen molar-refractivity contribution in [1.82, 2.24) is 24.2 Å². The Morgan fingerprint density at radius 3 is 2.45 bits per heavy atom. The third-order valence-electron chi connectivity index (χ3n) is 5.59. The highest BCUT2D eigenvalue weighted by Gasteiger charge is 2.19. The highest BCUT2D eigenvalue weighted by Crippen LogP contribution is 2.21. The zero-order valence-electron chi connectivity index (χ0n) is 18.0. The lowest BCUT2D eigenvalue weighted by Crippen LogP contribution is -2.28. The number of nitrogens with zero attached hydrogens (tertiary/aromatic N) is 5. The maximum Gasteiger partial charge on any atom is 0.279 e. The summed E-state index contributed by atoms with van der Waals surface area (Å²) in [4.78, 5) is 32.6. The van der Waals surface area contributed by atoms with Gasteiger partial charge in [-0.2, -0.15) is 5.10 Å². The third kappa shape index (κ3) is 3.94. The minimum atomic E-state index is -0.397. The average Bonchev–Trinajstić information content (AvgIpc) is 3.14. The number of anilines is 1. The van der Waals surface area contributed by atoms with E-state index in [2.05, 4.69) is 34.1 Å². The first kappa shape index (κ1) is 20.7. The predicted octanol–water partition coefficient (Wildman–Crippen LogP) is 2.88. The second-order valence-corrected chi connectivity index (χ2v) is 7.38. The Hall–Kier alpha value is -3.52. The van der Waals surface area contributed by atoms with Crippen LogP contribution in [0, 0.1) is 0 Å². The summed E-state index contributed by atoms with van der Waals surface area (Å²) < 4.78 is 3.22. The van der Waals surface area contributed by atoms with Gasteiger partial charge < -0.3 is 9.47 Å². The quantitative estimate of drug-likeness (QED) is 0.499. The van der Waals surface area contributed by atoms with Crippen LogP contribution < -0.4 is 10.9 Å². The molecule has 0 aliphatic rings. The van der Waals surface area contributed by atoms with Crippen LogP contribution in [0.25, 0.3) is 21.8 Å². The van der Waals surface area contributed by atoms with Crippen LogP contribution in [0.5, 0.6) is 0 Å². The van der Waals surface area contributed by atoms with E-state index in [1.165, 1.54) is 4.68 Å². The maximum absolute atomic E-state index is 13.2. The van der Waals surface area contributed by atoms with Gasteiger partial charge in [-0.05, 0) is 31.3 Å². The van der Waals surface area contributed by atoms with Crippen molar-refractivity contribution < 1.29 is 4.79 Å². The molecular weight excluding hydrogens is 392 g/mol. The first-order chi connectivity index (χ1) is 15.0. The number of hydrogen-bond donors (Lipinski definition) is 1. The van der Waals surface area contributed by atoms with Crippen LogP contribution in [0.2, 0.25) is 0 Å². The molecule has 2 heterocycles. The number of likely N-dealkylation sites (N-methyl/N-ethyl adjacent to an activating group) is 1. The van der Waals surface area contributed by atoms with E-state index in [1.54, 1.807) is 31.3 Å². The van der Waals surface area contributed by atoms with Gasteiger partial charge in [0.1, 0.15) is 0 Å². The molecule has 1 amide bonds. The van der Waals surface area contributed by atoms with Crippen molar-refractivity contribution >= 4 is 33.7 Å². The summed E-state index contributed by atoms with van der Waals surface area (Å²) in [6.07, 6.45) is 0. The largest absolute Gasteiger partial charge is 0.309 e. The number of imidazole rings is 1. The number of fused-ring (bicyclic) bond motifs is 2. The van der Waals surface area contributed by atoms with Crippen molar-refractivity contribution in [2.24, 2.45) is 7.05 Å². The van der Waals surface area contributed by atoms with E-state index in [4.69, 9.17) is 0 Å². The summed E-state index contributed by atoms with van der Waals surface area (Å²) in [6, 6.07) is 14.8. The van der Waals surface area contributed by atoms with Gasteiger partial charge in [0.15, 0.2) is 5.69 Å². The summed E-state index contributed by atoms with van der Waals surface area (Å²) >= 11 is 0. The van der Waals surface area contributed by atoms with Crippen molar-refractivity contribution in [2.75, 3.05) is 25.0 Å². The van der Waals surface area contributed by atoms with Crippen LogP contribution in [-0.4, -0.2) is 49.8 Å². The van der Waals surface area contributed by atoms with Crippen molar-refractivity contribution in [3.05, 3.63) is 64.6 Å². The van der Waals surface area contributed by atoms with Crippen LogP contribution >= 0.6 is 0 Å². The van der Waals surface area contributed by atoms with E-state index in [-0.39, 0.29) is 11.3 Å². The second kappa shape index (κ2) is 8.69. The lowest BCUT2D eigenvalue weighted by Gasteiger charge is -2.19. The van der Waals surface area contributed by atoms with E-state index >= 15 is 0 Å². The number of carbonyl (C=O) groups is 1. The molecule has 31 heavy (non-hydrogen) atoms. The molecule has 1 N–H and O–H groups in total. The molecule has 0 aliphatic heterocycles. The summed E-state index contributed by atoms with van der Waals surface area (Å²) in [7, 11) is 1.55. The van der Waals surface area contributed by atoms with Gasteiger partial charge in [-0.25, -0.2) is 9.67 Å². The summed E-state index contributed by atoms with van der Waals surface area (Å²) in [6.45, 7) is 7.72. The zero-order chi connectivity index (χ0) is 22.0. The molecule has 8 heteroatoms. The topological polar surface area (TPSA) is 85.0 Å². The molecule has 0 atom stereocenters. The van der Waals surface area contributed by atoms with Crippen LogP contribution in [0.1, 0.15) is 24.3 Å². The first-order valence-electron chi connectivity index (χ1n) is 10.5. The van der Waals surface area contributed by atoms with Crippen molar-refractivity contribution in [3.8, 4) is 0 Å². The predicted molar refractivity (Wildman–Crippen MR) is 122 cm³/mol. The number of nitrogens with one attached hydrogen (secondary N) is 1. The fourth-order valence-corrected chi connectivity index (χ4v) is 3.81. The van der Waals surface area contributed by atoms with Gasteiger partial charge in [-0.1, -0.05) is 44.2 Å². The van der Waals surface area contributed by atoms with Crippen LogP contribution in [0.15, 0.2) is 53.3 Å². The average molecular weight is 419 g/mol. The Balaban J connectivity index is 1.73. The highest BCUT2D eigenvalue weighted by atomic mass is 16.2.